The minimum Gasteiger partial charge on any atom is -0.462 e. The van der Waals surface area contributed by atoms with Gasteiger partial charge in [0.2, 0.25) is 5.91 Å². The van der Waals surface area contributed by atoms with Crippen LogP contribution >= 0.6 is 11.5 Å². The summed E-state index contributed by atoms with van der Waals surface area (Å²) in [5.41, 5.74) is 5.53. The molecule has 1 atom stereocenters. The molecule has 0 aliphatic carbocycles. The zero-order valence-corrected chi connectivity index (χ0v) is 13.8. The van der Waals surface area contributed by atoms with Crippen molar-refractivity contribution in [2.24, 2.45) is 0 Å². The van der Waals surface area contributed by atoms with Gasteiger partial charge >= 0.3 is 5.97 Å². The van der Waals surface area contributed by atoms with Gasteiger partial charge in [0.1, 0.15) is 16.6 Å². The fourth-order valence-electron chi connectivity index (χ4n) is 1.54. The maximum absolute atomic E-state index is 12.0. The number of anilines is 2. The van der Waals surface area contributed by atoms with E-state index in [-0.39, 0.29) is 29.4 Å². The zero-order valence-electron chi connectivity index (χ0n) is 12.9. The standard InChI is InChI=1S/C13H22N4O3S/c1-6-20-12(19)8-9(14)17-21-11(8)15-7(2)10(18)16-13(3,4)5/h7,15H,6H2,1-5H3,(H2,14,17)(H,16,18). The van der Waals surface area contributed by atoms with Crippen LogP contribution in [0.4, 0.5) is 10.8 Å². The Morgan fingerprint density at radius 1 is 1.43 bits per heavy atom. The number of carbonyl (C=O) groups is 2. The Kier molecular flexibility index (Phi) is 5.54. The highest BCUT2D eigenvalue weighted by Gasteiger charge is 2.25. The van der Waals surface area contributed by atoms with Gasteiger partial charge in [0.25, 0.3) is 0 Å². The van der Waals surface area contributed by atoms with E-state index in [9.17, 15) is 9.59 Å². The third kappa shape index (κ3) is 4.89. The number of ether oxygens (including phenoxy) is 1. The van der Waals surface area contributed by atoms with Gasteiger partial charge in [-0.15, -0.1) is 0 Å². The number of nitrogens with one attached hydrogen (secondary N) is 2. The van der Waals surface area contributed by atoms with Crippen molar-refractivity contribution in [1.29, 1.82) is 0 Å². The first kappa shape index (κ1) is 17.2. The van der Waals surface area contributed by atoms with Crippen LogP contribution < -0.4 is 16.4 Å². The molecule has 8 heteroatoms. The number of aromatic nitrogens is 1. The lowest BCUT2D eigenvalue weighted by Gasteiger charge is -2.23. The monoisotopic (exact) mass is 314 g/mol. The first-order chi connectivity index (χ1) is 9.65. The molecule has 0 aliphatic heterocycles. The van der Waals surface area contributed by atoms with E-state index >= 15 is 0 Å². The highest BCUT2D eigenvalue weighted by atomic mass is 32.1. The van der Waals surface area contributed by atoms with Crippen molar-refractivity contribution in [2.75, 3.05) is 17.7 Å². The predicted molar refractivity (Wildman–Crippen MR) is 83.5 cm³/mol. The van der Waals surface area contributed by atoms with Gasteiger partial charge in [-0.1, -0.05) is 0 Å². The van der Waals surface area contributed by atoms with Crippen molar-refractivity contribution in [3.05, 3.63) is 5.56 Å². The topological polar surface area (TPSA) is 106 Å². The summed E-state index contributed by atoms with van der Waals surface area (Å²) < 4.78 is 8.87. The Morgan fingerprint density at radius 3 is 2.57 bits per heavy atom. The number of hydrogen-bond acceptors (Lipinski definition) is 7. The van der Waals surface area contributed by atoms with Crippen molar-refractivity contribution in [3.63, 3.8) is 0 Å². The molecule has 0 spiro atoms. The predicted octanol–water partition coefficient (Wildman–Crippen LogP) is 1.62. The van der Waals surface area contributed by atoms with Crippen molar-refractivity contribution in [2.45, 2.75) is 46.2 Å². The SMILES string of the molecule is CCOC(=O)c1c(N)nsc1NC(C)C(=O)NC(C)(C)C. The maximum Gasteiger partial charge on any atom is 0.344 e. The lowest BCUT2D eigenvalue weighted by atomic mass is 10.1. The Morgan fingerprint density at radius 2 is 2.05 bits per heavy atom. The molecule has 1 unspecified atom stereocenters. The van der Waals surface area contributed by atoms with Crippen LogP contribution in [0.2, 0.25) is 0 Å². The fraction of sp³-hybridized carbons (Fsp3) is 0.615. The number of hydrogen-bond donors (Lipinski definition) is 3. The molecule has 118 valence electrons. The van der Waals surface area contributed by atoms with Crippen LogP contribution in [0.1, 0.15) is 45.0 Å². The Balaban J connectivity index is 2.84. The summed E-state index contributed by atoms with van der Waals surface area (Å²) >= 11 is 1.03. The van der Waals surface area contributed by atoms with Gasteiger partial charge in [0, 0.05) is 5.54 Å². The molecule has 1 aromatic rings. The van der Waals surface area contributed by atoms with E-state index in [2.05, 4.69) is 15.0 Å². The van der Waals surface area contributed by atoms with Crippen molar-refractivity contribution < 1.29 is 14.3 Å². The van der Waals surface area contributed by atoms with E-state index in [1.165, 1.54) is 0 Å². The molecule has 7 nitrogen and oxygen atoms in total. The Bertz CT molecular complexity index is 522. The second kappa shape index (κ2) is 6.75. The molecule has 1 aromatic heterocycles. The van der Waals surface area contributed by atoms with Gasteiger partial charge in [-0.2, -0.15) is 4.37 Å². The number of rotatable bonds is 5. The van der Waals surface area contributed by atoms with E-state index in [4.69, 9.17) is 10.5 Å². The lowest BCUT2D eigenvalue weighted by molar-refractivity contribution is -0.122. The van der Waals surface area contributed by atoms with Gasteiger partial charge in [0.05, 0.1) is 6.61 Å². The summed E-state index contributed by atoms with van der Waals surface area (Å²) in [6.45, 7) is 9.34. The summed E-state index contributed by atoms with van der Waals surface area (Å²) in [4.78, 5) is 23.9. The van der Waals surface area contributed by atoms with Crippen molar-refractivity contribution in [3.8, 4) is 0 Å². The number of nitrogens with zero attached hydrogens (tertiary/aromatic N) is 1. The molecule has 21 heavy (non-hydrogen) atoms. The minimum atomic E-state index is -0.547. The first-order valence-electron chi connectivity index (χ1n) is 6.66. The van der Waals surface area contributed by atoms with Gasteiger partial charge in [-0.05, 0) is 46.2 Å². The molecule has 0 saturated heterocycles. The van der Waals surface area contributed by atoms with Gasteiger partial charge < -0.3 is 21.1 Å². The largest absolute Gasteiger partial charge is 0.462 e. The summed E-state index contributed by atoms with van der Waals surface area (Å²) in [5, 5.41) is 6.24. The Labute approximate surface area is 128 Å². The molecule has 0 aromatic carbocycles. The molecule has 0 fully saturated rings. The molecular weight excluding hydrogens is 292 g/mol. The number of nitrogens with two attached hydrogens (primary N) is 1. The highest BCUT2D eigenvalue weighted by molar-refractivity contribution is 7.11. The van der Waals surface area contributed by atoms with E-state index in [0.29, 0.717) is 5.00 Å². The lowest BCUT2D eigenvalue weighted by Crippen LogP contribution is -2.47. The van der Waals surface area contributed by atoms with Gasteiger partial charge in [-0.3, -0.25) is 4.79 Å². The van der Waals surface area contributed by atoms with Crippen LogP contribution in [0, 0.1) is 0 Å². The van der Waals surface area contributed by atoms with E-state index in [1.807, 2.05) is 20.8 Å². The van der Waals surface area contributed by atoms with Crippen molar-refractivity contribution >= 4 is 34.2 Å². The molecule has 0 aliphatic rings. The Hall–Kier alpha value is -1.83. The molecule has 4 N–H and O–H groups in total. The van der Waals surface area contributed by atoms with Crippen LogP contribution in [0.15, 0.2) is 0 Å². The first-order valence-corrected chi connectivity index (χ1v) is 7.44. The second-order valence-corrected chi connectivity index (χ2v) is 6.37. The van der Waals surface area contributed by atoms with Crippen LogP contribution in [0.25, 0.3) is 0 Å². The molecule has 0 saturated carbocycles. The zero-order chi connectivity index (χ0) is 16.2. The van der Waals surface area contributed by atoms with Crippen LogP contribution in [-0.2, 0) is 9.53 Å². The molecule has 1 amide bonds. The van der Waals surface area contributed by atoms with Gasteiger partial charge in [-0.25, -0.2) is 4.79 Å². The number of nitrogen functional groups attached to an aromatic ring is 1. The summed E-state index contributed by atoms with van der Waals surface area (Å²) in [6.07, 6.45) is 0. The summed E-state index contributed by atoms with van der Waals surface area (Å²) in [5.74, 6) is -0.622. The third-order valence-electron chi connectivity index (χ3n) is 2.44. The number of amides is 1. The van der Waals surface area contributed by atoms with Crippen LogP contribution in [0.3, 0.4) is 0 Å². The number of esters is 1. The molecule has 0 bridgehead atoms. The normalized spacial score (nSPS) is 12.6. The van der Waals surface area contributed by atoms with Crippen LogP contribution in [0.5, 0.6) is 0 Å². The van der Waals surface area contributed by atoms with Crippen LogP contribution in [-0.4, -0.2) is 34.4 Å². The molecular formula is C13H22N4O3S. The maximum atomic E-state index is 12.0. The third-order valence-corrected chi connectivity index (χ3v) is 3.23. The average Bonchev–Trinajstić information content (AvgIpc) is 2.68. The molecule has 1 heterocycles. The second-order valence-electron chi connectivity index (χ2n) is 5.60. The molecule has 0 radical (unpaired) electrons. The summed E-state index contributed by atoms with van der Waals surface area (Å²) in [7, 11) is 0. The van der Waals surface area contributed by atoms with E-state index in [1.54, 1.807) is 13.8 Å². The van der Waals surface area contributed by atoms with Gasteiger partial charge in [0.15, 0.2) is 5.82 Å². The average molecular weight is 314 g/mol. The highest BCUT2D eigenvalue weighted by Crippen LogP contribution is 2.28. The minimum absolute atomic E-state index is 0.101. The summed E-state index contributed by atoms with van der Waals surface area (Å²) in [6, 6.07) is -0.530. The fourth-order valence-corrected chi connectivity index (χ4v) is 2.33. The van der Waals surface area contributed by atoms with E-state index < -0.39 is 12.0 Å². The molecule has 1 rings (SSSR count). The quantitative estimate of drug-likeness (QED) is 0.713. The van der Waals surface area contributed by atoms with E-state index in [0.717, 1.165) is 11.5 Å². The number of carbonyl (C=O) groups excluding carboxylic acids is 2. The van der Waals surface area contributed by atoms with Crippen molar-refractivity contribution in [1.82, 2.24) is 9.69 Å². The smallest absolute Gasteiger partial charge is 0.344 e.